The molecule has 0 radical (unpaired) electrons. The molecule has 0 amide bonds. The zero-order valence-corrected chi connectivity index (χ0v) is 13.8. The lowest BCUT2D eigenvalue weighted by molar-refractivity contribution is -0.145. The van der Waals surface area contributed by atoms with Crippen LogP contribution in [0.15, 0.2) is 48.5 Å². The number of methoxy groups -OCH3 is 1. The first-order valence-electron chi connectivity index (χ1n) is 7.95. The van der Waals surface area contributed by atoms with E-state index in [1.165, 1.54) is 0 Å². The molecule has 3 aromatic rings. The summed E-state index contributed by atoms with van der Waals surface area (Å²) in [6.07, 6.45) is 0.517. The van der Waals surface area contributed by atoms with Crippen LogP contribution in [0.4, 0.5) is 0 Å². The van der Waals surface area contributed by atoms with Gasteiger partial charge in [0, 0.05) is 0 Å². The van der Waals surface area contributed by atoms with Crippen LogP contribution in [0.2, 0.25) is 0 Å². The summed E-state index contributed by atoms with van der Waals surface area (Å²) in [5, 5.41) is 0. The Morgan fingerprint density at radius 3 is 2.58 bits per heavy atom. The number of ether oxygens (including phenoxy) is 2. The number of hydrogen-bond donors (Lipinski definition) is 1. The van der Waals surface area contributed by atoms with Crippen molar-refractivity contribution in [1.82, 2.24) is 9.97 Å². The van der Waals surface area contributed by atoms with Crippen molar-refractivity contribution in [3.63, 3.8) is 0 Å². The molecule has 3 rings (SSSR count). The lowest BCUT2D eigenvalue weighted by Crippen LogP contribution is -2.19. The van der Waals surface area contributed by atoms with Gasteiger partial charge in [0.2, 0.25) is 0 Å². The number of nitrogens with zero attached hydrogens (tertiary/aromatic N) is 1. The monoisotopic (exact) mass is 324 g/mol. The summed E-state index contributed by atoms with van der Waals surface area (Å²) in [5.41, 5.74) is 2.78. The van der Waals surface area contributed by atoms with Gasteiger partial charge in [-0.25, -0.2) is 4.98 Å². The van der Waals surface area contributed by atoms with Gasteiger partial charge in [-0.05, 0) is 43.2 Å². The van der Waals surface area contributed by atoms with E-state index in [2.05, 4.69) is 9.97 Å². The number of aromatic nitrogens is 2. The number of hydrogen-bond acceptors (Lipinski definition) is 4. The third-order valence-corrected chi connectivity index (χ3v) is 3.91. The third kappa shape index (κ3) is 3.40. The molecule has 0 saturated carbocycles. The summed E-state index contributed by atoms with van der Waals surface area (Å²) in [6.45, 7) is 2.15. The molecule has 1 aromatic heterocycles. The van der Waals surface area contributed by atoms with Gasteiger partial charge in [0.25, 0.3) is 0 Å². The first-order valence-corrected chi connectivity index (χ1v) is 7.95. The molecule has 1 N–H and O–H groups in total. The number of para-hydroxylation sites is 2. The van der Waals surface area contributed by atoms with Gasteiger partial charge >= 0.3 is 5.97 Å². The van der Waals surface area contributed by atoms with Crippen molar-refractivity contribution < 1.29 is 14.3 Å². The van der Waals surface area contributed by atoms with E-state index in [0.29, 0.717) is 18.9 Å². The number of H-pyrrole nitrogens is 1. The van der Waals surface area contributed by atoms with Gasteiger partial charge in [0.15, 0.2) is 0 Å². The van der Waals surface area contributed by atoms with Crippen LogP contribution in [0.5, 0.6) is 5.75 Å². The summed E-state index contributed by atoms with van der Waals surface area (Å²) >= 11 is 0. The smallest absolute Gasteiger partial charge is 0.316 e. The number of nitrogens with one attached hydrogen (secondary N) is 1. The molecule has 24 heavy (non-hydrogen) atoms. The molecular weight excluding hydrogens is 304 g/mol. The first kappa shape index (κ1) is 16.1. The topological polar surface area (TPSA) is 64.2 Å². The fourth-order valence-electron chi connectivity index (χ4n) is 2.67. The number of esters is 1. The lowest BCUT2D eigenvalue weighted by atomic mass is 9.98. The number of rotatable bonds is 6. The maximum Gasteiger partial charge on any atom is 0.316 e. The number of carbonyl (C=O) groups excluding carboxylic acids is 1. The molecule has 0 aliphatic rings. The molecule has 1 atom stereocenters. The average molecular weight is 324 g/mol. The Kier molecular flexibility index (Phi) is 4.79. The SMILES string of the molecule is CCOC(=O)C(Cc1ccc(OC)cc1)c1nc2ccccc2[nH]1. The number of carbonyl (C=O) groups is 1. The van der Waals surface area contributed by atoms with Crippen molar-refractivity contribution in [3.05, 3.63) is 59.9 Å². The Bertz CT molecular complexity index is 791. The number of aromatic amines is 1. The van der Waals surface area contributed by atoms with Crippen molar-refractivity contribution in [1.29, 1.82) is 0 Å². The Morgan fingerprint density at radius 1 is 1.17 bits per heavy atom. The van der Waals surface area contributed by atoms with Gasteiger partial charge in [-0.1, -0.05) is 24.3 Å². The number of imidazole rings is 1. The molecule has 0 aliphatic heterocycles. The Labute approximate surface area is 140 Å². The van der Waals surface area contributed by atoms with Crippen LogP contribution in [0, 0.1) is 0 Å². The van der Waals surface area contributed by atoms with Crippen LogP contribution in [-0.2, 0) is 16.0 Å². The van der Waals surface area contributed by atoms with Crippen LogP contribution in [0.25, 0.3) is 11.0 Å². The predicted octanol–water partition coefficient (Wildman–Crippen LogP) is 3.46. The lowest BCUT2D eigenvalue weighted by Gasteiger charge is -2.13. The summed E-state index contributed by atoms with van der Waals surface area (Å²) in [4.78, 5) is 20.2. The van der Waals surface area contributed by atoms with Gasteiger partial charge in [-0.3, -0.25) is 4.79 Å². The van der Waals surface area contributed by atoms with Gasteiger partial charge < -0.3 is 14.5 Å². The maximum absolute atomic E-state index is 12.4. The second-order valence-electron chi connectivity index (χ2n) is 5.50. The number of benzene rings is 2. The summed E-state index contributed by atoms with van der Waals surface area (Å²) in [6, 6.07) is 15.4. The van der Waals surface area contributed by atoms with Crippen molar-refractivity contribution in [3.8, 4) is 5.75 Å². The highest BCUT2D eigenvalue weighted by Gasteiger charge is 2.25. The highest BCUT2D eigenvalue weighted by atomic mass is 16.5. The van der Waals surface area contributed by atoms with Crippen LogP contribution in [0.1, 0.15) is 24.2 Å². The molecule has 0 bridgehead atoms. The van der Waals surface area contributed by atoms with Crippen molar-refractivity contribution in [2.75, 3.05) is 13.7 Å². The molecule has 0 fully saturated rings. The second-order valence-corrected chi connectivity index (χ2v) is 5.50. The normalized spacial score (nSPS) is 12.1. The minimum absolute atomic E-state index is 0.271. The van der Waals surface area contributed by atoms with E-state index in [-0.39, 0.29) is 5.97 Å². The quantitative estimate of drug-likeness (QED) is 0.705. The highest BCUT2D eigenvalue weighted by molar-refractivity contribution is 5.81. The average Bonchev–Trinajstić information content (AvgIpc) is 3.04. The van der Waals surface area contributed by atoms with E-state index in [0.717, 1.165) is 22.3 Å². The predicted molar refractivity (Wildman–Crippen MR) is 92.2 cm³/mol. The van der Waals surface area contributed by atoms with E-state index in [1.807, 2.05) is 48.5 Å². The second kappa shape index (κ2) is 7.17. The first-order chi connectivity index (χ1) is 11.7. The molecule has 0 aliphatic carbocycles. The molecule has 5 nitrogen and oxygen atoms in total. The maximum atomic E-state index is 12.4. The van der Waals surface area contributed by atoms with E-state index < -0.39 is 5.92 Å². The fraction of sp³-hybridized carbons (Fsp3) is 0.263. The van der Waals surface area contributed by atoms with E-state index >= 15 is 0 Å². The van der Waals surface area contributed by atoms with E-state index in [4.69, 9.17) is 9.47 Å². The summed E-state index contributed by atoms with van der Waals surface area (Å²) < 4.78 is 10.4. The molecule has 1 unspecified atom stereocenters. The minimum atomic E-state index is -0.467. The van der Waals surface area contributed by atoms with Crippen LogP contribution >= 0.6 is 0 Å². The molecule has 124 valence electrons. The van der Waals surface area contributed by atoms with Crippen LogP contribution < -0.4 is 4.74 Å². The molecule has 0 spiro atoms. The van der Waals surface area contributed by atoms with Crippen LogP contribution in [-0.4, -0.2) is 29.7 Å². The zero-order chi connectivity index (χ0) is 16.9. The van der Waals surface area contributed by atoms with Crippen molar-refractivity contribution in [2.24, 2.45) is 0 Å². The number of fused-ring (bicyclic) bond motifs is 1. The van der Waals surface area contributed by atoms with Crippen molar-refractivity contribution in [2.45, 2.75) is 19.3 Å². The molecule has 2 aromatic carbocycles. The van der Waals surface area contributed by atoms with Crippen LogP contribution in [0.3, 0.4) is 0 Å². The van der Waals surface area contributed by atoms with Gasteiger partial charge in [-0.2, -0.15) is 0 Å². The molecule has 5 heteroatoms. The molecule has 0 saturated heterocycles. The van der Waals surface area contributed by atoms with E-state index in [1.54, 1.807) is 14.0 Å². The van der Waals surface area contributed by atoms with E-state index in [9.17, 15) is 4.79 Å². The third-order valence-electron chi connectivity index (χ3n) is 3.91. The van der Waals surface area contributed by atoms with Gasteiger partial charge in [-0.15, -0.1) is 0 Å². The molecular formula is C19H20N2O3. The Balaban J connectivity index is 1.91. The Morgan fingerprint density at radius 2 is 1.92 bits per heavy atom. The summed E-state index contributed by atoms with van der Waals surface area (Å²) in [7, 11) is 1.63. The standard InChI is InChI=1S/C19H20N2O3/c1-3-24-19(22)15(12-13-8-10-14(23-2)11-9-13)18-20-16-6-4-5-7-17(16)21-18/h4-11,15H,3,12H2,1-2H3,(H,20,21). The van der Waals surface area contributed by atoms with Crippen molar-refractivity contribution >= 4 is 17.0 Å². The zero-order valence-electron chi connectivity index (χ0n) is 13.8. The molecule has 1 heterocycles. The fourth-order valence-corrected chi connectivity index (χ4v) is 2.67. The largest absolute Gasteiger partial charge is 0.497 e. The highest BCUT2D eigenvalue weighted by Crippen LogP contribution is 2.24. The minimum Gasteiger partial charge on any atom is -0.497 e. The Hall–Kier alpha value is -2.82. The summed E-state index contributed by atoms with van der Waals surface area (Å²) in [5.74, 6) is 0.679. The van der Waals surface area contributed by atoms with Gasteiger partial charge in [0.1, 0.15) is 17.5 Å². The van der Waals surface area contributed by atoms with Gasteiger partial charge in [0.05, 0.1) is 24.8 Å².